The van der Waals surface area contributed by atoms with E-state index in [0.717, 1.165) is 13.0 Å². The summed E-state index contributed by atoms with van der Waals surface area (Å²) in [7, 11) is -1.79. The summed E-state index contributed by atoms with van der Waals surface area (Å²) in [6, 6.07) is 10.5. The van der Waals surface area contributed by atoms with Gasteiger partial charge in [-0.15, -0.1) is 0 Å². The molecule has 0 spiro atoms. The number of hydrogen-bond donors (Lipinski definition) is 0. The number of hydrogen-bond acceptors (Lipinski definition) is 2. The van der Waals surface area contributed by atoms with E-state index in [1.54, 1.807) is 0 Å². The second kappa shape index (κ2) is 6.77. The molecule has 0 radical (unpaired) electrons. The van der Waals surface area contributed by atoms with Gasteiger partial charge in [0, 0.05) is 19.2 Å². The number of carbonyl (C=O) groups excluding carboxylic acids is 1. The van der Waals surface area contributed by atoms with Gasteiger partial charge in [-0.25, -0.2) is 0 Å². The van der Waals surface area contributed by atoms with E-state index in [1.165, 1.54) is 5.56 Å². The van der Waals surface area contributed by atoms with Crippen LogP contribution in [0, 0.1) is 5.92 Å². The maximum absolute atomic E-state index is 12.6. The highest BCUT2D eigenvalue weighted by molar-refractivity contribution is 6.74. The standard InChI is InChI=1S/C19H31NO2Si/c1-7-17-16(14-22-23(5,6)19(2,3)4)18(21)20(17)13-15-11-9-8-10-12-15/h8-12,16-17H,7,13-14H2,1-6H3/t16-,17-/m1/s1. The smallest absolute Gasteiger partial charge is 0.230 e. The Morgan fingerprint density at radius 2 is 1.78 bits per heavy atom. The van der Waals surface area contributed by atoms with Gasteiger partial charge in [-0.05, 0) is 30.1 Å². The quantitative estimate of drug-likeness (QED) is 0.569. The summed E-state index contributed by atoms with van der Waals surface area (Å²) >= 11 is 0. The first-order valence-corrected chi connectivity index (χ1v) is 11.6. The highest BCUT2D eigenvalue weighted by atomic mass is 28.4. The average Bonchev–Trinajstić information content (AvgIpc) is 2.48. The van der Waals surface area contributed by atoms with E-state index >= 15 is 0 Å². The fourth-order valence-corrected chi connectivity index (χ4v) is 3.88. The number of nitrogens with zero attached hydrogens (tertiary/aromatic N) is 1. The largest absolute Gasteiger partial charge is 0.416 e. The van der Waals surface area contributed by atoms with Gasteiger partial charge < -0.3 is 9.33 Å². The van der Waals surface area contributed by atoms with Gasteiger partial charge in [-0.3, -0.25) is 4.79 Å². The summed E-state index contributed by atoms with van der Waals surface area (Å²) in [6.07, 6.45) is 0.990. The van der Waals surface area contributed by atoms with Crippen LogP contribution in [0.25, 0.3) is 0 Å². The molecule has 1 aromatic carbocycles. The number of rotatable bonds is 6. The molecule has 0 unspecified atom stereocenters. The number of benzene rings is 1. The van der Waals surface area contributed by atoms with Crippen LogP contribution in [0.3, 0.4) is 0 Å². The molecule has 1 saturated heterocycles. The monoisotopic (exact) mass is 333 g/mol. The first-order valence-electron chi connectivity index (χ1n) is 8.65. The van der Waals surface area contributed by atoms with Crippen LogP contribution in [0.15, 0.2) is 30.3 Å². The van der Waals surface area contributed by atoms with Crippen LogP contribution >= 0.6 is 0 Å². The van der Waals surface area contributed by atoms with Crippen molar-refractivity contribution in [2.45, 2.75) is 64.8 Å². The van der Waals surface area contributed by atoms with Gasteiger partial charge in [0.25, 0.3) is 0 Å². The molecule has 4 heteroatoms. The highest BCUT2D eigenvalue weighted by Gasteiger charge is 2.47. The average molecular weight is 334 g/mol. The Hall–Kier alpha value is -1.13. The van der Waals surface area contributed by atoms with Crippen LogP contribution in [0.1, 0.15) is 39.7 Å². The Bertz CT molecular complexity index is 536. The third-order valence-electron chi connectivity index (χ3n) is 5.51. The van der Waals surface area contributed by atoms with Crippen molar-refractivity contribution in [2.24, 2.45) is 5.92 Å². The van der Waals surface area contributed by atoms with Crippen molar-refractivity contribution in [1.29, 1.82) is 0 Å². The SMILES string of the molecule is CC[C@@H]1[C@@H](CO[Si](C)(C)C(C)(C)C)C(=O)N1Cc1ccccc1. The first-order chi connectivity index (χ1) is 10.7. The van der Waals surface area contributed by atoms with Gasteiger partial charge >= 0.3 is 0 Å². The fraction of sp³-hybridized carbons (Fsp3) is 0.632. The van der Waals surface area contributed by atoms with E-state index in [4.69, 9.17) is 4.43 Å². The van der Waals surface area contributed by atoms with Crippen LogP contribution in [0.4, 0.5) is 0 Å². The van der Waals surface area contributed by atoms with Crippen molar-refractivity contribution in [3.8, 4) is 0 Å². The molecule has 0 bridgehead atoms. The minimum atomic E-state index is -1.79. The Kier molecular flexibility index (Phi) is 5.36. The van der Waals surface area contributed by atoms with Gasteiger partial charge in [0.2, 0.25) is 5.91 Å². The molecule has 2 rings (SSSR count). The normalized spacial score (nSPS) is 22.2. The summed E-state index contributed by atoms with van der Waals surface area (Å²) in [5.41, 5.74) is 1.20. The molecule has 23 heavy (non-hydrogen) atoms. The molecule has 1 fully saturated rings. The second-order valence-corrected chi connectivity index (χ2v) is 12.9. The number of carbonyl (C=O) groups is 1. The number of β-lactam (4-membered cyclic amide) rings is 1. The maximum Gasteiger partial charge on any atom is 0.230 e. The third kappa shape index (κ3) is 3.86. The summed E-state index contributed by atoms with van der Waals surface area (Å²) in [5.74, 6) is 0.289. The molecule has 3 nitrogen and oxygen atoms in total. The van der Waals surface area contributed by atoms with Gasteiger partial charge in [0.1, 0.15) is 0 Å². The molecule has 0 N–H and O–H groups in total. The lowest BCUT2D eigenvalue weighted by molar-refractivity contribution is -0.160. The second-order valence-electron chi connectivity index (χ2n) is 8.11. The van der Waals surface area contributed by atoms with Gasteiger partial charge in [-0.2, -0.15) is 0 Å². The molecular formula is C19H31NO2Si. The van der Waals surface area contributed by atoms with Gasteiger partial charge in [-0.1, -0.05) is 58.0 Å². The summed E-state index contributed by atoms with van der Waals surface area (Å²) < 4.78 is 6.29. The molecule has 0 saturated carbocycles. The van der Waals surface area contributed by atoms with Crippen LogP contribution in [-0.2, 0) is 15.8 Å². The molecule has 2 atom stereocenters. The Morgan fingerprint density at radius 3 is 2.30 bits per heavy atom. The topological polar surface area (TPSA) is 29.5 Å². The Balaban J connectivity index is 1.96. The summed E-state index contributed by atoms with van der Waals surface area (Å²) in [4.78, 5) is 14.6. The predicted octanol–water partition coefficient (Wildman–Crippen LogP) is 4.45. The first kappa shape index (κ1) is 18.2. The highest BCUT2D eigenvalue weighted by Crippen LogP contribution is 2.38. The molecule has 0 aliphatic carbocycles. The van der Waals surface area contributed by atoms with Gasteiger partial charge in [0.05, 0.1) is 5.92 Å². The predicted molar refractivity (Wildman–Crippen MR) is 97.7 cm³/mol. The van der Waals surface area contributed by atoms with Crippen molar-refractivity contribution in [3.63, 3.8) is 0 Å². The minimum absolute atomic E-state index is 0.0397. The zero-order valence-corrected chi connectivity index (χ0v) is 16.4. The Morgan fingerprint density at radius 1 is 1.17 bits per heavy atom. The van der Waals surface area contributed by atoms with Crippen molar-refractivity contribution >= 4 is 14.2 Å². The maximum atomic E-state index is 12.6. The van der Waals surface area contributed by atoms with E-state index in [0.29, 0.717) is 12.6 Å². The molecule has 1 amide bonds. The van der Waals surface area contributed by atoms with Gasteiger partial charge in [0.15, 0.2) is 8.32 Å². The van der Waals surface area contributed by atoms with Crippen LogP contribution in [0.5, 0.6) is 0 Å². The van der Waals surface area contributed by atoms with E-state index in [-0.39, 0.29) is 16.9 Å². The van der Waals surface area contributed by atoms with E-state index in [1.807, 2.05) is 23.1 Å². The van der Waals surface area contributed by atoms with Crippen LogP contribution in [-0.4, -0.2) is 31.8 Å². The number of amides is 1. The number of likely N-dealkylation sites (tertiary alicyclic amines) is 1. The molecule has 1 heterocycles. The van der Waals surface area contributed by atoms with Crippen molar-refractivity contribution in [3.05, 3.63) is 35.9 Å². The Labute approximate surface area is 142 Å². The summed E-state index contributed by atoms with van der Waals surface area (Å²) in [5, 5.41) is 0.186. The molecule has 1 aliphatic heterocycles. The van der Waals surface area contributed by atoms with E-state index in [9.17, 15) is 4.79 Å². The molecule has 0 aromatic heterocycles. The molecular weight excluding hydrogens is 302 g/mol. The minimum Gasteiger partial charge on any atom is -0.416 e. The van der Waals surface area contributed by atoms with Crippen molar-refractivity contribution in [1.82, 2.24) is 4.90 Å². The zero-order valence-electron chi connectivity index (χ0n) is 15.4. The zero-order chi connectivity index (χ0) is 17.3. The lowest BCUT2D eigenvalue weighted by atomic mass is 9.85. The third-order valence-corrected chi connectivity index (χ3v) is 10.0. The molecule has 1 aromatic rings. The molecule has 1 aliphatic rings. The van der Waals surface area contributed by atoms with Crippen molar-refractivity contribution in [2.75, 3.05) is 6.61 Å². The van der Waals surface area contributed by atoms with E-state index < -0.39 is 8.32 Å². The lowest BCUT2D eigenvalue weighted by Crippen LogP contribution is -2.62. The van der Waals surface area contributed by atoms with E-state index in [2.05, 4.69) is 52.9 Å². The van der Waals surface area contributed by atoms with Crippen molar-refractivity contribution < 1.29 is 9.22 Å². The fourth-order valence-electron chi connectivity index (χ4n) is 2.85. The molecule has 128 valence electrons. The van der Waals surface area contributed by atoms with Crippen LogP contribution in [0.2, 0.25) is 18.1 Å². The summed E-state index contributed by atoms with van der Waals surface area (Å²) in [6.45, 7) is 14.7. The van der Waals surface area contributed by atoms with Crippen LogP contribution < -0.4 is 0 Å². The lowest BCUT2D eigenvalue weighted by Gasteiger charge is -2.48.